The minimum Gasteiger partial charge on any atom is -0.448 e. The lowest BCUT2D eigenvalue weighted by molar-refractivity contribution is -0.124. The van der Waals surface area contributed by atoms with Crippen LogP contribution in [0.3, 0.4) is 0 Å². The summed E-state index contributed by atoms with van der Waals surface area (Å²) in [7, 11) is 3.71. The van der Waals surface area contributed by atoms with Gasteiger partial charge in [0, 0.05) is 13.6 Å². The lowest BCUT2D eigenvalue weighted by Gasteiger charge is -2.15. The van der Waals surface area contributed by atoms with Crippen LogP contribution in [-0.2, 0) is 15.7 Å². The molecule has 0 heterocycles. The van der Waals surface area contributed by atoms with Gasteiger partial charge in [-0.15, -0.1) is 0 Å². The van der Waals surface area contributed by atoms with Crippen LogP contribution in [0, 0.1) is 0 Å². The van der Waals surface area contributed by atoms with Gasteiger partial charge in [-0.25, -0.2) is 9.80 Å². The third-order valence-electron chi connectivity index (χ3n) is 2.45. The molecule has 1 amide bonds. The molecule has 5 nitrogen and oxygen atoms in total. The molecular formula is C12H17N2O3P. The van der Waals surface area contributed by atoms with E-state index in [9.17, 15) is 9.59 Å². The molecule has 0 aliphatic heterocycles. The van der Waals surface area contributed by atoms with Gasteiger partial charge in [0.2, 0.25) is 5.91 Å². The standard InChI is InChI=1S/C12H17N2O3P/c1-3-14(2)13-11(15)8-9-4-6-10(7-5-9)12(16)17-18/h4-7H,3,8,18H2,1-2H3,(H,13,15). The molecule has 0 saturated heterocycles. The number of amides is 1. The van der Waals surface area contributed by atoms with Crippen LogP contribution in [0.2, 0.25) is 0 Å². The summed E-state index contributed by atoms with van der Waals surface area (Å²) in [6.45, 7) is 2.69. The number of nitrogens with zero attached hydrogens (tertiary/aromatic N) is 1. The van der Waals surface area contributed by atoms with Crippen LogP contribution < -0.4 is 5.43 Å². The van der Waals surface area contributed by atoms with Crippen LogP contribution in [0.4, 0.5) is 0 Å². The predicted molar refractivity (Wildman–Crippen MR) is 71.7 cm³/mol. The fourth-order valence-corrected chi connectivity index (χ4v) is 1.48. The van der Waals surface area contributed by atoms with E-state index in [1.165, 1.54) is 0 Å². The summed E-state index contributed by atoms with van der Waals surface area (Å²) in [5, 5.41) is 1.71. The zero-order valence-electron chi connectivity index (χ0n) is 10.5. The number of carbonyl (C=O) groups is 2. The van der Waals surface area contributed by atoms with Crippen molar-refractivity contribution in [3.63, 3.8) is 0 Å². The van der Waals surface area contributed by atoms with Gasteiger partial charge >= 0.3 is 5.97 Å². The Balaban J connectivity index is 2.58. The molecule has 1 aromatic rings. The van der Waals surface area contributed by atoms with E-state index in [2.05, 4.69) is 9.95 Å². The van der Waals surface area contributed by atoms with Crippen molar-refractivity contribution >= 4 is 21.3 Å². The van der Waals surface area contributed by atoms with Gasteiger partial charge in [-0.3, -0.25) is 10.2 Å². The highest BCUT2D eigenvalue weighted by Gasteiger charge is 2.07. The summed E-state index contributed by atoms with van der Waals surface area (Å²) in [5.74, 6) is -0.498. The Morgan fingerprint density at radius 1 is 1.33 bits per heavy atom. The molecule has 0 spiro atoms. The third-order valence-corrected chi connectivity index (χ3v) is 2.67. The predicted octanol–water partition coefficient (Wildman–Crippen LogP) is 1.16. The van der Waals surface area contributed by atoms with Gasteiger partial charge in [-0.2, -0.15) is 0 Å². The van der Waals surface area contributed by atoms with Crippen molar-refractivity contribution in [3.8, 4) is 0 Å². The summed E-state index contributed by atoms with van der Waals surface area (Å²) < 4.78 is 4.52. The molecule has 6 heteroatoms. The Labute approximate surface area is 109 Å². The molecule has 0 saturated carbocycles. The zero-order valence-corrected chi connectivity index (χ0v) is 11.6. The maximum Gasteiger partial charge on any atom is 0.340 e. The number of hydrazine groups is 1. The second-order valence-electron chi connectivity index (χ2n) is 3.83. The van der Waals surface area contributed by atoms with Crippen molar-refractivity contribution in [1.29, 1.82) is 0 Å². The van der Waals surface area contributed by atoms with Gasteiger partial charge in [0.15, 0.2) is 0 Å². The first kappa shape index (κ1) is 14.6. The summed E-state index contributed by atoms with van der Waals surface area (Å²) in [6.07, 6.45) is 0.278. The SMILES string of the molecule is CCN(C)NC(=O)Cc1ccc(C(=O)OP)cc1. The van der Waals surface area contributed by atoms with Crippen molar-refractivity contribution in [2.45, 2.75) is 13.3 Å². The van der Waals surface area contributed by atoms with Crippen LogP contribution in [0.1, 0.15) is 22.8 Å². The van der Waals surface area contributed by atoms with Gasteiger partial charge in [-0.1, -0.05) is 19.1 Å². The molecule has 1 N–H and O–H groups in total. The molecule has 1 aromatic carbocycles. The normalized spacial score (nSPS) is 10.2. The Kier molecular flexibility index (Phi) is 5.75. The molecule has 1 atom stereocenters. The van der Waals surface area contributed by atoms with Gasteiger partial charge in [0.05, 0.1) is 21.5 Å². The monoisotopic (exact) mass is 268 g/mol. The molecule has 0 fully saturated rings. The number of carbonyl (C=O) groups excluding carboxylic acids is 2. The number of rotatable bonds is 5. The summed E-state index contributed by atoms with van der Waals surface area (Å²) in [4.78, 5) is 22.8. The van der Waals surface area contributed by atoms with E-state index in [1.54, 1.807) is 36.3 Å². The van der Waals surface area contributed by atoms with Crippen molar-refractivity contribution in [2.24, 2.45) is 0 Å². The molecule has 1 rings (SSSR count). The van der Waals surface area contributed by atoms with E-state index < -0.39 is 5.97 Å². The third kappa shape index (κ3) is 4.43. The van der Waals surface area contributed by atoms with Gasteiger partial charge in [0.25, 0.3) is 0 Å². The van der Waals surface area contributed by atoms with E-state index in [1.807, 2.05) is 16.4 Å². The van der Waals surface area contributed by atoms with Gasteiger partial charge < -0.3 is 4.52 Å². The summed E-state index contributed by atoms with van der Waals surface area (Å²) >= 11 is 0. The minimum absolute atomic E-state index is 0.0827. The fraction of sp³-hybridized carbons (Fsp3) is 0.333. The van der Waals surface area contributed by atoms with Crippen molar-refractivity contribution < 1.29 is 14.1 Å². The second-order valence-corrected chi connectivity index (χ2v) is 4.06. The van der Waals surface area contributed by atoms with Crippen LogP contribution >= 0.6 is 9.47 Å². The van der Waals surface area contributed by atoms with Crippen LogP contribution in [0.25, 0.3) is 0 Å². The number of hydrogen-bond acceptors (Lipinski definition) is 4. The van der Waals surface area contributed by atoms with Crippen molar-refractivity contribution in [3.05, 3.63) is 35.4 Å². The lowest BCUT2D eigenvalue weighted by Crippen LogP contribution is -2.39. The average Bonchev–Trinajstić information content (AvgIpc) is 2.38. The number of nitrogens with one attached hydrogen (secondary N) is 1. The number of hydrogen-bond donors (Lipinski definition) is 1. The van der Waals surface area contributed by atoms with Crippen molar-refractivity contribution in [2.75, 3.05) is 13.6 Å². The fourth-order valence-electron chi connectivity index (χ4n) is 1.34. The largest absolute Gasteiger partial charge is 0.448 e. The molecule has 0 aliphatic carbocycles. The Hall–Kier alpha value is -1.45. The molecule has 0 aromatic heterocycles. The van der Waals surface area contributed by atoms with Gasteiger partial charge in [0.1, 0.15) is 0 Å². The Morgan fingerprint density at radius 2 is 1.94 bits per heavy atom. The lowest BCUT2D eigenvalue weighted by atomic mass is 10.1. The van der Waals surface area contributed by atoms with Crippen LogP contribution in [-0.4, -0.2) is 30.5 Å². The van der Waals surface area contributed by atoms with Crippen LogP contribution in [0.5, 0.6) is 0 Å². The quantitative estimate of drug-likeness (QED) is 0.643. The molecule has 98 valence electrons. The Morgan fingerprint density at radius 3 is 2.44 bits per heavy atom. The average molecular weight is 268 g/mol. The first-order valence-corrected chi connectivity index (χ1v) is 6.04. The van der Waals surface area contributed by atoms with E-state index >= 15 is 0 Å². The molecule has 0 aliphatic rings. The highest BCUT2D eigenvalue weighted by Crippen LogP contribution is 2.08. The van der Waals surface area contributed by atoms with Gasteiger partial charge in [-0.05, 0) is 17.7 Å². The summed E-state index contributed by atoms with van der Waals surface area (Å²) in [5.41, 5.74) is 4.03. The van der Waals surface area contributed by atoms with E-state index in [0.29, 0.717) is 5.56 Å². The highest BCUT2D eigenvalue weighted by molar-refractivity contribution is 7.10. The second kappa shape index (κ2) is 7.09. The van der Waals surface area contributed by atoms with E-state index in [4.69, 9.17) is 0 Å². The van der Waals surface area contributed by atoms with Crippen LogP contribution in [0.15, 0.2) is 24.3 Å². The zero-order chi connectivity index (χ0) is 13.5. The molecule has 18 heavy (non-hydrogen) atoms. The first-order valence-electron chi connectivity index (χ1n) is 5.57. The van der Waals surface area contributed by atoms with Crippen molar-refractivity contribution in [1.82, 2.24) is 10.4 Å². The molecular weight excluding hydrogens is 251 g/mol. The number of benzene rings is 1. The Bertz CT molecular complexity index is 420. The minimum atomic E-state index is -0.415. The smallest absolute Gasteiger partial charge is 0.340 e. The molecule has 1 unspecified atom stereocenters. The maximum atomic E-state index is 11.6. The maximum absolute atomic E-state index is 11.6. The highest BCUT2D eigenvalue weighted by atomic mass is 31.0. The van der Waals surface area contributed by atoms with E-state index in [-0.39, 0.29) is 12.3 Å². The first-order chi connectivity index (χ1) is 8.56. The summed E-state index contributed by atoms with van der Waals surface area (Å²) in [6, 6.07) is 6.75. The molecule has 0 bridgehead atoms. The topological polar surface area (TPSA) is 58.6 Å². The van der Waals surface area contributed by atoms with E-state index in [0.717, 1.165) is 12.1 Å². The molecule has 0 radical (unpaired) electrons.